The van der Waals surface area contributed by atoms with Gasteiger partial charge in [0.2, 0.25) is 17.7 Å². The molecule has 0 saturated heterocycles. The van der Waals surface area contributed by atoms with Crippen LogP contribution in [0.3, 0.4) is 0 Å². The van der Waals surface area contributed by atoms with Crippen molar-refractivity contribution < 1.29 is 39.3 Å². The average molecular weight is 475 g/mol. The van der Waals surface area contributed by atoms with E-state index in [1.165, 1.54) is 6.92 Å². The fraction of sp³-hybridized carbons (Fsp3) is 0.762. The summed E-state index contributed by atoms with van der Waals surface area (Å²) < 4.78 is 0. The predicted octanol–water partition coefficient (Wildman–Crippen LogP) is -0.809. The van der Waals surface area contributed by atoms with Gasteiger partial charge in [0.25, 0.3) is 0 Å². The summed E-state index contributed by atoms with van der Waals surface area (Å²) in [5.74, 6) is -5.16. The van der Waals surface area contributed by atoms with E-state index < -0.39 is 65.8 Å². The molecule has 0 radical (unpaired) electrons. The van der Waals surface area contributed by atoms with Gasteiger partial charge in [-0.15, -0.1) is 0 Å². The van der Waals surface area contributed by atoms with Crippen LogP contribution in [-0.4, -0.2) is 75.3 Å². The van der Waals surface area contributed by atoms with Crippen molar-refractivity contribution in [3.63, 3.8) is 0 Å². The van der Waals surface area contributed by atoms with Crippen LogP contribution in [0, 0.1) is 11.8 Å². The largest absolute Gasteiger partial charge is 0.481 e. The van der Waals surface area contributed by atoms with E-state index >= 15 is 0 Å². The summed E-state index contributed by atoms with van der Waals surface area (Å²) in [6.07, 6.45) is -1.13. The van der Waals surface area contributed by atoms with E-state index in [9.17, 15) is 34.2 Å². The highest BCUT2D eigenvalue weighted by molar-refractivity contribution is 5.94. The number of rotatable bonds is 15. The average Bonchev–Trinajstić information content (AvgIpc) is 2.71. The normalized spacial score (nSPS) is 16.6. The second-order valence-corrected chi connectivity index (χ2v) is 8.67. The van der Waals surface area contributed by atoms with E-state index in [1.54, 1.807) is 27.7 Å². The van der Waals surface area contributed by atoms with Crippen molar-refractivity contribution >= 4 is 29.7 Å². The van der Waals surface area contributed by atoms with Gasteiger partial charge >= 0.3 is 11.9 Å². The third-order valence-corrected chi connectivity index (χ3v) is 5.19. The van der Waals surface area contributed by atoms with Crippen LogP contribution >= 0.6 is 0 Å². The minimum absolute atomic E-state index is 0.0445. The topological polar surface area (TPSA) is 208 Å². The fourth-order valence-electron chi connectivity index (χ4n) is 2.98. The molecule has 33 heavy (non-hydrogen) atoms. The molecule has 190 valence electrons. The predicted molar refractivity (Wildman–Crippen MR) is 119 cm³/mol. The Labute approximate surface area is 193 Å². The maximum atomic E-state index is 12.9. The molecule has 0 bridgehead atoms. The monoisotopic (exact) mass is 474 g/mol. The molecule has 3 amide bonds. The van der Waals surface area contributed by atoms with Gasteiger partial charge in [-0.2, -0.15) is 0 Å². The highest BCUT2D eigenvalue weighted by Crippen LogP contribution is 2.10. The van der Waals surface area contributed by atoms with Gasteiger partial charge < -0.3 is 37.0 Å². The molecular formula is C21H38N4O8. The van der Waals surface area contributed by atoms with Crippen LogP contribution < -0.4 is 21.7 Å². The first kappa shape index (κ1) is 30.3. The van der Waals surface area contributed by atoms with Crippen LogP contribution in [0.15, 0.2) is 0 Å². The van der Waals surface area contributed by atoms with Crippen LogP contribution in [-0.2, 0) is 24.0 Å². The highest BCUT2D eigenvalue weighted by atomic mass is 16.4. The molecule has 0 aliphatic heterocycles. The number of carboxylic acids is 2. The number of carbonyl (C=O) groups is 5. The molecule has 12 heteroatoms. The van der Waals surface area contributed by atoms with E-state index in [0.717, 1.165) is 0 Å². The Kier molecular flexibility index (Phi) is 13.2. The van der Waals surface area contributed by atoms with E-state index in [2.05, 4.69) is 16.0 Å². The number of aliphatic hydroxyl groups excluding tert-OH is 1. The smallest absolute Gasteiger partial charge is 0.326 e. The first-order chi connectivity index (χ1) is 15.2. The molecule has 0 aliphatic rings. The van der Waals surface area contributed by atoms with Crippen molar-refractivity contribution in [2.45, 2.75) is 90.6 Å². The van der Waals surface area contributed by atoms with Gasteiger partial charge in [-0.05, 0) is 31.6 Å². The Balaban J connectivity index is 5.44. The van der Waals surface area contributed by atoms with Gasteiger partial charge in [-0.3, -0.25) is 19.2 Å². The summed E-state index contributed by atoms with van der Waals surface area (Å²) in [6, 6.07) is -4.92. The molecule has 0 aliphatic carbocycles. The third-order valence-electron chi connectivity index (χ3n) is 5.19. The molecule has 8 N–H and O–H groups in total. The molecule has 0 aromatic rings. The van der Waals surface area contributed by atoms with Gasteiger partial charge in [0.1, 0.15) is 18.1 Å². The van der Waals surface area contributed by atoms with E-state index in [4.69, 9.17) is 10.8 Å². The van der Waals surface area contributed by atoms with Gasteiger partial charge in [0.15, 0.2) is 0 Å². The number of amides is 3. The second kappa shape index (κ2) is 14.4. The number of hydrogen-bond acceptors (Lipinski definition) is 7. The Morgan fingerprint density at radius 1 is 0.848 bits per heavy atom. The van der Waals surface area contributed by atoms with Crippen LogP contribution in [0.1, 0.15) is 60.3 Å². The second-order valence-electron chi connectivity index (χ2n) is 8.67. The van der Waals surface area contributed by atoms with Gasteiger partial charge in [0, 0.05) is 6.42 Å². The van der Waals surface area contributed by atoms with Crippen LogP contribution in [0.25, 0.3) is 0 Å². The highest BCUT2D eigenvalue weighted by Gasteiger charge is 2.34. The lowest BCUT2D eigenvalue weighted by Gasteiger charge is -2.28. The first-order valence-electron chi connectivity index (χ1n) is 11.0. The molecule has 12 nitrogen and oxygen atoms in total. The number of aliphatic hydroxyl groups is 1. The summed E-state index contributed by atoms with van der Waals surface area (Å²) in [7, 11) is 0. The summed E-state index contributed by atoms with van der Waals surface area (Å²) in [6.45, 7) is 8.29. The lowest BCUT2D eigenvalue weighted by atomic mass is 9.98. The molecule has 0 aromatic carbocycles. The molecule has 6 unspecified atom stereocenters. The standard InChI is InChI=1S/C21H38N4O8/c1-6-11(4)16(21(32)33)24-20(31)17(12(5)26)25-19(30)14(9-10(2)3)23-18(29)13(22)7-8-15(27)28/h10-14,16-17,26H,6-9,22H2,1-5H3,(H,23,29)(H,24,31)(H,25,30)(H,27,28)(H,32,33). The minimum Gasteiger partial charge on any atom is -0.481 e. The summed E-state index contributed by atoms with van der Waals surface area (Å²) in [5.41, 5.74) is 5.70. The zero-order valence-corrected chi connectivity index (χ0v) is 19.8. The van der Waals surface area contributed by atoms with Crippen LogP contribution in [0.2, 0.25) is 0 Å². The van der Waals surface area contributed by atoms with Crippen molar-refractivity contribution in [3.8, 4) is 0 Å². The van der Waals surface area contributed by atoms with Crippen molar-refractivity contribution in [2.75, 3.05) is 0 Å². The van der Waals surface area contributed by atoms with Gasteiger partial charge in [-0.1, -0.05) is 34.1 Å². The summed E-state index contributed by atoms with van der Waals surface area (Å²) in [5, 5.41) is 35.3. The van der Waals surface area contributed by atoms with Gasteiger partial charge in [0.05, 0.1) is 12.1 Å². The molecular weight excluding hydrogens is 436 g/mol. The number of hydrogen-bond donors (Lipinski definition) is 7. The molecule has 6 atom stereocenters. The fourth-order valence-corrected chi connectivity index (χ4v) is 2.98. The molecule has 0 aromatic heterocycles. The molecule has 0 fully saturated rings. The zero-order valence-electron chi connectivity index (χ0n) is 19.8. The molecule has 0 saturated carbocycles. The third kappa shape index (κ3) is 11.1. The lowest BCUT2D eigenvalue weighted by Crippen LogP contribution is -2.60. The number of carbonyl (C=O) groups excluding carboxylic acids is 3. The van der Waals surface area contributed by atoms with Crippen LogP contribution in [0.4, 0.5) is 0 Å². The molecule has 0 spiro atoms. The Hall–Kier alpha value is -2.73. The Bertz CT molecular complexity index is 698. The van der Waals surface area contributed by atoms with Crippen molar-refractivity contribution in [2.24, 2.45) is 17.6 Å². The van der Waals surface area contributed by atoms with Crippen molar-refractivity contribution in [1.29, 1.82) is 0 Å². The first-order valence-corrected chi connectivity index (χ1v) is 11.0. The minimum atomic E-state index is -1.46. The Morgan fingerprint density at radius 2 is 1.39 bits per heavy atom. The number of nitrogens with two attached hydrogens (primary N) is 1. The number of carboxylic acid groups (broad SMARTS) is 2. The lowest BCUT2D eigenvalue weighted by molar-refractivity contribution is -0.144. The number of aliphatic carboxylic acids is 2. The SMILES string of the molecule is CCC(C)C(NC(=O)C(NC(=O)C(CC(C)C)NC(=O)C(N)CCC(=O)O)C(C)O)C(=O)O. The van der Waals surface area contributed by atoms with E-state index in [1.807, 2.05) is 0 Å². The maximum absolute atomic E-state index is 12.9. The maximum Gasteiger partial charge on any atom is 0.326 e. The van der Waals surface area contributed by atoms with Crippen molar-refractivity contribution in [1.82, 2.24) is 16.0 Å². The molecule has 0 rings (SSSR count). The molecule has 0 heterocycles. The van der Waals surface area contributed by atoms with E-state index in [0.29, 0.717) is 6.42 Å². The van der Waals surface area contributed by atoms with Gasteiger partial charge in [-0.25, -0.2) is 4.79 Å². The quantitative estimate of drug-likeness (QED) is 0.158. The van der Waals surface area contributed by atoms with Crippen LogP contribution in [0.5, 0.6) is 0 Å². The number of nitrogens with one attached hydrogen (secondary N) is 3. The zero-order chi connectivity index (χ0) is 25.9. The van der Waals surface area contributed by atoms with Crippen molar-refractivity contribution in [3.05, 3.63) is 0 Å². The summed E-state index contributed by atoms with van der Waals surface area (Å²) >= 11 is 0. The summed E-state index contributed by atoms with van der Waals surface area (Å²) in [4.78, 5) is 60.0. The Morgan fingerprint density at radius 3 is 1.82 bits per heavy atom. The van der Waals surface area contributed by atoms with E-state index in [-0.39, 0.29) is 25.2 Å².